The predicted octanol–water partition coefficient (Wildman–Crippen LogP) is 2.27. The second-order valence-electron chi connectivity index (χ2n) is 4.09. The fourth-order valence-electron chi connectivity index (χ4n) is 1.40. The van der Waals surface area contributed by atoms with Crippen molar-refractivity contribution in [2.45, 2.75) is 32.7 Å². The van der Waals surface area contributed by atoms with Crippen LogP contribution in [-0.4, -0.2) is 25.7 Å². The predicted molar refractivity (Wildman–Crippen MR) is 68.6 cm³/mol. The highest BCUT2D eigenvalue weighted by atomic mass is 32.1. The first-order valence-electron chi connectivity index (χ1n) is 5.74. The molecule has 15 heavy (non-hydrogen) atoms. The van der Waals surface area contributed by atoms with Crippen LogP contribution in [0.1, 0.15) is 25.8 Å². The lowest BCUT2D eigenvalue weighted by Gasteiger charge is -2.08. The molecule has 1 heterocycles. The van der Waals surface area contributed by atoms with Crippen LogP contribution in [0.15, 0.2) is 16.8 Å². The van der Waals surface area contributed by atoms with Gasteiger partial charge in [0, 0.05) is 6.04 Å². The van der Waals surface area contributed by atoms with E-state index in [4.69, 9.17) is 0 Å². The Bertz CT molecular complexity index is 232. The molecule has 0 aliphatic carbocycles. The molecule has 0 aliphatic heterocycles. The summed E-state index contributed by atoms with van der Waals surface area (Å²) in [5, 5.41) is 11.2. The Labute approximate surface area is 97.1 Å². The van der Waals surface area contributed by atoms with Gasteiger partial charge in [-0.05, 0) is 54.9 Å². The quantitative estimate of drug-likeness (QED) is 0.665. The summed E-state index contributed by atoms with van der Waals surface area (Å²) >= 11 is 1.78. The Morgan fingerprint density at radius 2 is 2.13 bits per heavy atom. The van der Waals surface area contributed by atoms with Gasteiger partial charge in [-0.3, -0.25) is 0 Å². The molecule has 0 aromatic carbocycles. The van der Waals surface area contributed by atoms with Crippen LogP contribution >= 0.6 is 11.3 Å². The van der Waals surface area contributed by atoms with Gasteiger partial charge in [0.15, 0.2) is 0 Å². The zero-order chi connectivity index (χ0) is 10.9. The van der Waals surface area contributed by atoms with Gasteiger partial charge in [0.05, 0.1) is 0 Å². The zero-order valence-electron chi connectivity index (χ0n) is 9.75. The molecule has 0 amide bonds. The highest BCUT2D eigenvalue weighted by Crippen LogP contribution is 2.05. The topological polar surface area (TPSA) is 24.1 Å². The fraction of sp³-hybridized carbons (Fsp3) is 0.667. The standard InChI is InChI=1S/C12H22N2S/c1-11(2)14-7-3-6-13-8-4-12-5-9-15-10-12/h5,9-11,13-14H,3-4,6-8H2,1-2H3. The molecular weight excluding hydrogens is 204 g/mol. The first kappa shape index (κ1) is 12.7. The molecule has 0 atom stereocenters. The van der Waals surface area contributed by atoms with Gasteiger partial charge in [0.1, 0.15) is 0 Å². The monoisotopic (exact) mass is 226 g/mol. The van der Waals surface area contributed by atoms with E-state index in [-0.39, 0.29) is 0 Å². The maximum atomic E-state index is 3.46. The van der Waals surface area contributed by atoms with Gasteiger partial charge in [0.25, 0.3) is 0 Å². The molecule has 2 N–H and O–H groups in total. The molecule has 0 saturated heterocycles. The molecule has 0 fully saturated rings. The lowest BCUT2D eigenvalue weighted by Crippen LogP contribution is -2.27. The van der Waals surface area contributed by atoms with Crippen molar-refractivity contribution in [3.8, 4) is 0 Å². The molecule has 3 heteroatoms. The van der Waals surface area contributed by atoms with E-state index in [1.54, 1.807) is 11.3 Å². The number of hydrogen-bond acceptors (Lipinski definition) is 3. The first-order valence-corrected chi connectivity index (χ1v) is 6.68. The summed E-state index contributed by atoms with van der Waals surface area (Å²) in [5.41, 5.74) is 1.45. The molecule has 0 radical (unpaired) electrons. The average Bonchev–Trinajstić information content (AvgIpc) is 2.68. The minimum atomic E-state index is 0.607. The van der Waals surface area contributed by atoms with Crippen LogP contribution in [0, 0.1) is 0 Å². The number of hydrogen-bond donors (Lipinski definition) is 2. The van der Waals surface area contributed by atoms with Crippen molar-refractivity contribution in [3.05, 3.63) is 22.4 Å². The van der Waals surface area contributed by atoms with Crippen LogP contribution in [-0.2, 0) is 6.42 Å². The van der Waals surface area contributed by atoms with E-state index in [2.05, 4.69) is 41.3 Å². The van der Waals surface area contributed by atoms with Gasteiger partial charge in [-0.25, -0.2) is 0 Å². The average molecular weight is 226 g/mol. The lowest BCUT2D eigenvalue weighted by atomic mass is 10.2. The van der Waals surface area contributed by atoms with Gasteiger partial charge >= 0.3 is 0 Å². The smallest absolute Gasteiger partial charge is 0.00103 e. The Morgan fingerprint density at radius 3 is 2.80 bits per heavy atom. The number of nitrogens with one attached hydrogen (secondary N) is 2. The number of thiophene rings is 1. The molecule has 0 spiro atoms. The number of rotatable bonds is 8. The van der Waals surface area contributed by atoms with Crippen molar-refractivity contribution >= 4 is 11.3 Å². The van der Waals surface area contributed by atoms with Crippen molar-refractivity contribution < 1.29 is 0 Å². The van der Waals surface area contributed by atoms with Crippen LogP contribution in [0.5, 0.6) is 0 Å². The van der Waals surface area contributed by atoms with Gasteiger partial charge < -0.3 is 10.6 Å². The van der Waals surface area contributed by atoms with E-state index in [9.17, 15) is 0 Å². The van der Waals surface area contributed by atoms with E-state index in [0.717, 1.165) is 26.1 Å². The maximum absolute atomic E-state index is 3.46. The summed E-state index contributed by atoms with van der Waals surface area (Å²) in [7, 11) is 0. The minimum Gasteiger partial charge on any atom is -0.316 e. The van der Waals surface area contributed by atoms with Crippen LogP contribution in [0.25, 0.3) is 0 Å². The highest BCUT2D eigenvalue weighted by molar-refractivity contribution is 7.07. The molecule has 1 aromatic rings. The third-order valence-corrected chi connectivity index (χ3v) is 2.99. The third kappa shape index (κ3) is 6.66. The van der Waals surface area contributed by atoms with Crippen LogP contribution in [0.4, 0.5) is 0 Å². The highest BCUT2D eigenvalue weighted by Gasteiger charge is 1.93. The summed E-state index contributed by atoms with van der Waals surface area (Å²) in [4.78, 5) is 0. The van der Waals surface area contributed by atoms with Crippen LogP contribution in [0.3, 0.4) is 0 Å². The van der Waals surface area contributed by atoms with Crippen molar-refractivity contribution in [1.29, 1.82) is 0 Å². The van der Waals surface area contributed by atoms with Crippen molar-refractivity contribution in [1.82, 2.24) is 10.6 Å². The van der Waals surface area contributed by atoms with E-state index in [1.165, 1.54) is 12.0 Å². The molecule has 0 bridgehead atoms. The van der Waals surface area contributed by atoms with Gasteiger partial charge in [-0.15, -0.1) is 0 Å². The molecule has 2 nitrogen and oxygen atoms in total. The van der Waals surface area contributed by atoms with E-state index in [1.807, 2.05) is 0 Å². The van der Waals surface area contributed by atoms with Gasteiger partial charge in [-0.2, -0.15) is 11.3 Å². The van der Waals surface area contributed by atoms with Crippen LogP contribution < -0.4 is 10.6 Å². The van der Waals surface area contributed by atoms with E-state index in [0.29, 0.717) is 6.04 Å². The Kier molecular flexibility index (Phi) is 6.64. The van der Waals surface area contributed by atoms with E-state index < -0.39 is 0 Å². The maximum Gasteiger partial charge on any atom is 0.00103 e. The van der Waals surface area contributed by atoms with Crippen molar-refractivity contribution in [3.63, 3.8) is 0 Å². The lowest BCUT2D eigenvalue weighted by molar-refractivity contribution is 0.548. The fourth-order valence-corrected chi connectivity index (χ4v) is 2.10. The third-order valence-electron chi connectivity index (χ3n) is 2.25. The summed E-state index contributed by atoms with van der Waals surface area (Å²) in [6.07, 6.45) is 2.36. The molecule has 0 aliphatic rings. The second kappa shape index (κ2) is 7.85. The Hall–Kier alpha value is -0.380. The zero-order valence-corrected chi connectivity index (χ0v) is 10.6. The normalized spacial score (nSPS) is 11.1. The summed E-state index contributed by atoms with van der Waals surface area (Å²) in [5.74, 6) is 0. The van der Waals surface area contributed by atoms with Gasteiger partial charge in [0.2, 0.25) is 0 Å². The Balaban J connectivity index is 1.85. The Morgan fingerprint density at radius 1 is 1.27 bits per heavy atom. The SMILES string of the molecule is CC(C)NCCCNCCc1ccsc1. The largest absolute Gasteiger partial charge is 0.316 e. The molecule has 86 valence electrons. The minimum absolute atomic E-state index is 0.607. The molecule has 1 aromatic heterocycles. The summed E-state index contributed by atoms with van der Waals surface area (Å²) in [6.45, 7) is 7.69. The van der Waals surface area contributed by atoms with Crippen molar-refractivity contribution in [2.24, 2.45) is 0 Å². The van der Waals surface area contributed by atoms with Gasteiger partial charge in [-0.1, -0.05) is 13.8 Å². The first-order chi connectivity index (χ1) is 7.29. The molecular formula is C12H22N2S. The van der Waals surface area contributed by atoms with Crippen molar-refractivity contribution in [2.75, 3.05) is 19.6 Å². The van der Waals surface area contributed by atoms with E-state index >= 15 is 0 Å². The molecule has 0 saturated carbocycles. The summed E-state index contributed by atoms with van der Waals surface area (Å²) < 4.78 is 0. The molecule has 0 unspecified atom stereocenters. The molecule has 1 rings (SSSR count). The van der Waals surface area contributed by atoms with Crippen LogP contribution in [0.2, 0.25) is 0 Å². The summed E-state index contributed by atoms with van der Waals surface area (Å²) in [6, 6.07) is 2.81. The second-order valence-corrected chi connectivity index (χ2v) is 4.87.